The fourth-order valence-electron chi connectivity index (χ4n) is 1.11. The number of anilines is 1. The van der Waals surface area contributed by atoms with Crippen LogP contribution in [0.15, 0.2) is 27.1 Å². The summed E-state index contributed by atoms with van der Waals surface area (Å²) < 4.78 is 1.67. The van der Waals surface area contributed by atoms with E-state index in [1.54, 1.807) is 13.0 Å². The molecule has 0 atom stereocenters. The first-order valence-electron chi connectivity index (χ1n) is 4.01. The summed E-state index contributed by atoms with van der Waals surface area (Å²) in [7, 11) is 0. The summed E-state index contributed by atoms with van der Waals surface area (Å²) in [5, 5.41) is 8.91. The molecule has 0 bridgehead atoms. The Morgan fingerprint density at radius 1 is 1.50 bits per heavy atom. The van der Waals surface area contributed by atoms with Gasteiger partial charge in [0.05, 0.1) is 5.69 Å². The summed E-state index contributed by atoms with van der Waals surface area (Å²) in [5.74, 6) is 0. The van der Waals surface area contributed by atoms with Gasteiger partial charge in [-0.1, -0.05) is 15.9 Å². The number of amides is 1. The third-order valence-electron chi connectivity index (χ3n) is 1.75. The minimum absolute atomic E-state index is 0.426. The zero-order chi connectivity index (χ0) is 10.7. The lowest BCUT2D eigenvalue weighted by molar-refractivity contribution is 0.202. The van der Waals surface area contributed by atoms with Crippen LogP contribution in [-0.2, 0) is 0 Å². The maximum Gasteiger partial charge on any atom is 0.411 e. The number of carboxylic acid groups (broad SMARTS) is 1. The lowest BCUT2D eigenvalue weighted by atomic mass is 10.3. The maximum absolute atomic E-state index is 10.9. The predicted molar refractivity (Wildman–Crippen MR) is 62.9 cm³/mol. The third-order valence-corrected chi connectivity index (χ3v) is 2.88. The number of halogens is 2. The first-order chi connectivity index (χ1) is 6.56. The van der Waals surface area contributed by atoms with Gasteiger partial charge in [0.25, 0.3) is 0 Å². The second-order valence-electron chi connectivity index (χ2n) is 2.62. The number of carbonyl (C=O) groups is 1. The molecule has 0 saturated heterocycles. The Hall–Kier alpha value is -0.550. The molecule has 0 aliphatic heterocycles. The van der Waals surface area contributed by atoms with E-state index in [0.29, 0.717) is 12.2 Å². The van der Waals surface area contributed by atoms with Gasteiger partial charge in [0, 0.05) is 15.5 Å². The van der Waals surface area contributed by atoms with Gasteiger partial charge in [-0.15, -0.1) is 0 Å². The van der Waals surface area contributed by atoms with E-state index < -0.39 is 6.09 Å². The van der Waals surface area contributed by atoms with E-state index in [1.165, 1.54) is 4.90 Å². The summed E-state index contributed by atoms with van der Waals surface area (Å²) in [6.45, 7) is 2.22. The van der Waals surface area contributed by atoms with Crippen LogP contribution in [0.2, 0.25) is 0 Å². The molecule has 0 fully saturated rings. The predicted octanol–water partition coefficient (Wildman–Crippen LogP) is 3.72. The normalized spacial score (nSPS) is 9.93. The standard InChI is InChI=1S/C9H9Br2NO2/c1-2-12(9(13)14)8-4-3-6(10)5-7(8)11/h3-5H,2H2,1H3,(H,13,14). The van der Waals surface area contributed by atoms with Crippen molar-refractivity contribution in [3.63, 3.8) is 0 Å². The van der Waals surface area contributed by atoms with Crippen molar-refractivity contribution in [2.24, 2.45) is 0 Å². The average molecular weight is 323 g/mol. The smallest absolute Gasteiger partial charge is 0.411 e. The third kappa shape index (κ3) is 2.48. The highest BCUT2D eigenvalue weighted by Crippen LogP contribution is 2.29. The van der Waals surface area contributed by atoms with Crippen molar-refractivity contribution in [2.45, 2.75) is 6.92 Å². The summed E-state index contributed by atoms with van der Waals surface area (Å²) in [5.41, 5.74) is 0.656. The summed E-state index contributed by atoms with van der Waals surface area (Å²) >= 11 is 6.63. The van der Waals surface area contributed by atoms with Crippen molar-refractivity contribution in [1.29, 1.82) is 0 Å². The highest BCUT2D eigenvalue weighted by molar-refractivity contribution is 9.11. The Labute approximate surface area is 99.0 Å². The molecule has 3 nitrogen and oxygen atoms in total. The molecule has 0 spiro atoms. The highest BCUT2D eigenvalue weighted by Gasteiger charge is 2.14. The molecular formula is C9H9Br2NO2. The molecular weight excluding hydrogens is 314 g/mol. The minimum Gasteiger partial charge on any atom is -0.465 e. The van der Waals surface area contributed by atoms with Gasteiger partial charge in [-0.3, -0.25) is 4.90 Å². The number of rotatable bonds is 2. The van der Waals surface area contributed by atoms with Gasteiger partial charge >= 0.3 is 6.09 Å². The Morgan fingerprint density at radius 2 is 2.14 bits per heavy atom. The van der Waals surface area contributed by atoms with Crippen LogP contribution >= 0.6 is 31.9 Å². The van der Waals surface area contributed by atoms with Crippen LogP contribution in [-0.4, -0.2) is 17.7 Å². The van der Waals surface area contributed by atoms with E-state index in [0.717, 1.165) is 8.95 Å². The van der Waals surface area contributed by atoms with Gasteiger partial charge in [-0.2, -0.15) is 0 Å². The summed E-state index contributed by atoms with van der Waals surface area (Å²) in [6, 6.07) is 5.39. The van der Waals surface area contributed by atoms with Crippen LogP contribution in [0.5, 0.6) is 0 Å². The maximum atomic E-state index is 10.9. The molecule has 5 heteroatoms. The van der Waals surface area contributed by atoms with Crippen LogP contribution < -0.4 is 4.90 Å². The van der Waals surface area contributed by atoms with Crippen molar-refractivity contribution >= 4 is 43.6 Å². The van der Waals surface area contributed by atoms with Gasteiger partial charge in [-0.25, -0.2) is 4.79 Å². The number of nitrogens with zero attached hydrogens (tertiary/aromatic N) is 1. The lowest BCUT2D eigenvalue weighted by Gasteiger charge is -2.18. The summed E-state index contributed by atoms with van der Waals surface area (Å²) in [4.78, 5) is 12.1. The zero-order valence-electron chi connectivity index (χ0n) is 7.50. The molecule has 1 N–H and O–H groups in total. The van der Waals surface area contributed by atoms with Gasteiger partial charge in [0.1, 0.15) is 0 Å². The molecule has 0 heterocycles. The minimum atomic E-state index is -0.949. The molecule has 0 unspecified atom stereocenters. The van der Waals surface area contributed by atoms with E-state index in [9.17, 15) is 4.79 Å². The van der Waals surface area contributed by atoms with Crippen molar-refractivity contribution in [3.8, 4) is 0 Å². The van der Waals surface area contributed by atoms with Crippen molar-refractivity contribution in [1.82, 2.24) is 0 Å². The van der Waals surface area contributed by atoms with E-state index in [4.69, 9.17) is 5.11 Å². The Bertz CT molecular complexity index is 355. The zero-order valence-corrected chi connectivity index (χ0v) is 10.7. The molecule has 1 aromatic carbocycles. The molecule has 0 aliphatic carbocycles. The van der Waals surface area contributed by atoms with Crippen LogP contribution in [0.1, 0.15) is 6.92 Å². The van der Waals surface area contributed by atoms with Crippen molar-refractivity contribution in [2.75, 3.05) is 11.4 Å². The second kappa shape index (κ2) is 4.79. The van der Waals surface area contributed by atoms with Crippen molar-refractivity contribution in [3.05, 3.63) is 27.1 Å². The first kappa shape index (κ1) is 11.5. The Kier molecular flexibility index (Phi) is 3.95. The van der Waals surface area contributed by atoms with E-state index in [-0.39, 0.29) is 0 Å². The molecule has 76 valence electrons. The SMILES string of the molecule is CCN(C(=O)O)c1ccc(Br)cc1Br. The second-order valence-corrected chi connectivity index (χ2v) is 4.39. The molecule has 0 saturated carbocycles. The van der Waals surface area contributed by atoms with Crippen LogP contribution in [0.4, 0.5) is 10.5 Å². The molecule has 0 radical (unpaired) electrons. The molecule has 1 amide bonds. The van der Waals surface area contributed by atoms with Gasteiger partial charge < -0.3 is 5.11 Å². The fraction of sp³-hybridized carbons (Fsp3) is 0.222. The highest BCUT2D eigenvalue weighted by atomic mass is 79.9. The lowest BCUT2D eigenvalue weighted by Crippen LogP contribution is -2.28. The van der Waals surface area contributed by atoms with Gasteiger partial charge in [-0.05, 0) is 41.1 Å². The Morgan fingerprint density at radius 3 is 2.57 bits per heavy atom. The molecule has 0 aliphatic rings. The largest absolute Gasteiger partial charge is 0.465 e. The van der Waals surface area contributed by atoms with Gasteiger partial charge in [0.2, 0.25) is 0 Å². The topological polar surface area (TPSA) is 40.5 Å². The molecule has 0 aromatic heterocycles. The van der Waals surface area contributed by atoms with E-state index in [1.807, 2.05) is 12.1 Å². The monoisotopic (exact) mass is 321 g/mol. The van der Waals surface area contributed by atoms with Crippen LogP contribution in [0, 0.1) is 0 Å². The first-order valence-corrected chi connectivity index (χ1v) is 5.60. The summed E-state index contributed by atoms with van der Waals surface area (Å²) in [6.07, 6.45) is -0.949. The molecule has 1 rings (SSSR count). The molecule has 1 aromatic rings. The Balaban J connectivity index is 3.10. The quantitative estimate of drug-likeness (QED) is 0.901. The van der Waals surface area contributed by atoms with E-state index in [2.05, 4.69) is 31.9 Å². The number of benzene rings is 1. The van der Waals surface area contributed by atoms with Crippen LogP contribution in [0.25, 0.3) is 0 Å². The van der Waals surface area contributed by atoms with Crippen molar-refractivity contribution < 1.29 is 9.90 Å². The van der Waals surface area contributed by atoms with E-state index >= 15 is 0 Å². The number of hydrogen-bond donors (Lipinski definition) is 1. The average Bonchev–Trinajstić information content (AvgIpc) is 2.09. The fourth-order valence-corrected chi connectivity index (χ4v) is 2.37. The van der Waals surface area contributed by atoms with Crippen LogP contribution in [0.3, 0.4) is 0 Å². The van der Waals surface area contributed by atoms with Gasteiger partial charge in [0.15, 0.2) is 0 Å². The number of hydrogen-bond acceptors (Lipinski definition) is 1. The molecule has 14 heavy (non-hydrogen) atoms.